The fourth-order valence-electron chi connectivity index (χ4n) is 4.49. The topological polar surface area (TPSA) is 223 Å². The van der Waals surface area contributed by atoms with Crippen LogP contribution in [0.3, 0.4) is 0 Å². The van der Waals surface area contributed by atoms with Crippen molar-refractivity contribution in [2.24, 2.45) is 7.05 Å². The number of esters is 1. The Morgan fingerprint density at radius 3 is 2.54 bits per heavy atom. The van der Waals surface area contributed by atoms with E-state index in [2.05, 4.69) is 20.0 Å². The second-order valence-corrected chi connectivity index (χ2v) is 8.45. The van der Waals surface area contributed by atoms with Gasteiger partial charge in [-0.05, 0) is 19.8 Å². The molecule has 0 unspecified atom stereocenters. The lowest BCUT2D eigenvalue weighted by atomic mass is 10.1. The summed E-state index contributed by atoms with van der Waals surface area (Å²) in [6.07, 6.45) is -3.96. The Labute approximate surface area is 209 Å². The highest BCUT2D eigenvalue weighted by Gasteiger charge is 2.44. The number of imidazole rings is 2. The first kappa shape index (κ1) is 28.0. The van der Waals surface area contributed by atoms with Crippen molar-refractivity contribution in [2.45, 2.75) is 50.3 Å². The Hall–Kier alpha value is -3.57. The number of nitrogens with one attached hydrogen (secondary N) is 1. The van der Waals surface area contributed by atoms with Gasteiger partial charge in [0.05, 0.1) is 38.5 Å². The minimum Gasteiger partial charge on any atom is -0.467 e. The fourth-order valence-corrected chi connectivity index (χ4v) is 4.49. The Bertz CT molecular complexity index is 1360. The summed E-state index contributed by atoms with van der Waals surface area (Å²) in [7, 11) is 4.03. The molecule has 0 aliphatic carbocycles. The largest absolute Gasteiger partial charge is 0.467 e. The van der Waals surface area contributed by atoms with E-state index in [1.54, 1.807) is 18.5 Å². The third-order valence-electron chi connectivity index (χ3n) is 6.37. The number of alkyl carbamates (subject to hydrolysis) is 1. The number of carbonyl (C=O) groups excluding carboxylic acids is 2. The summed E-state index contributed by atoms with van der Waals surface area (Å²) in [6.45, 7) is 1.21. The van der Waals surface area contributed by atoms with Crippen molar-refractivity contribution < 1.29 is 44.6 Å². The van der Waals surface area contributed by atoms with E-state index >= 15 is 0 Å². The van der Waals surface area contributed by atoms with Crippen LogP contribution >= 0.6 is 0 Å². The van der Waals surface area contributed by atoms with E-state index in [1.807, 2.05) is 0 Å². The number of hydrogen-bond acceptors (Lipinski definition) is 11. The van der Waals surface area contributed by atoms with E-state index in [9.17, 15) is 29.7 Å². The maximum absolute atomic E-state index is 13.5. The first-order valence-corrected chi connectivity index (χ1v) is 11.1. The van der Waals surface area contributed by atoms with Gasteiger partial charge in [0.1, 0.15) is 24.4 Å². The van der Waals surface area contributed by atoms with E-state index < -0.39 is 54.8 Å². The number of fused-ring (bicyclic) bond motifs is 2. The number of aromatic nitrogens is 5. The number of amides is 1. The zero-order valence-electron chi connectivity index (χ0n) is 20.6. The molecule has 0 aromatic carbocycles. The standard InChI is InChI=1S/C21H28N6O9.H2O/c1-9-11(6-5-10(19(32)34-3)24-21(33)35-4)27-17(31)13-16(25(2)20(27)23-9)26(8-22-13)18-15(30)14(29)12(7-28)36-18;/h8,10,12,14-15,18,28-30H,5-7H2,1-4H3,(H,24,33);1H2/t10-,12+,14+,15+,18+;/m0./s1. The second-order valence-electron chi connectivity index (χ2n) is 8.45. The fraction of sp³-hybridized carbons (Fsp3) is 0.571. The molecule has 6 N–H and O–H groups in total. The molecule has 0 bridgehead atoms. The summed E-state index contributed by atoms with van der Waals surface area (Å²) in [6, 6.07) is -1.01. The summed E-state index contributed by atoms with van der Waals surface area (Å²) >= 11 is 0. The highest BCUT2D eigenvalue weighted by molar-refractivity contribution is 5.81. The Morgan fingerprint density at radius 2 is 1.95 bits per heavy atom. The third kappa shape index (κ3) is 4.64. The lowest BCUT2D eigenvalue weighted by Crippen LogP contribution is -2.41. The van der Waals surface area contributed by atoms with Crippen molar-refractivity contribution in [1.82, 2.24) is 28.8 Å². The molecular weight excluding hydrogens is 496 g/mol. The van der Waals surface area contributed by atoms with E-state index in [4.69, 9.17) is 9.47 Å². The summed E-state index contributed by atoms with van der Waals surface area (Å²) in [5, 5.41) is 32.4. The number of nitrogens with zero attached hydrogens (tertiary/aromatic N) is 5. The molecule has 1 fully saturated rings. The van der Waals surface area contributed by atoms with Crippen molar-refractivity contribution in [2.75, 3.05) is 20.8 Å². The molecule has 204 valence electrons. The lowest BCUT2D eigenvalue weighted by Gasteiger charge is -2.18. The number of carbonyl (C=O) groups is 2. The maximum atomic E-state index is 13.5. The van der Waals surface area contributed by atoms with Crippen LogP contribution in [0, 0.1) is 6.92 Å². The Morgan fingerprint density at radius 1 is 1.24 bits per heavy atom. The predicted octanol–water partition coefficient (Wildman–Crippen LogP) is -2.69. The molecule has 1 saturated heterocycles. The molecule has 4 rings (SSSR count). The molecule has 1 aliphatic rings. The smallest absolute Gasteiger partial charge is 0.407 e. The minimum absolute atomic E-state index is 0. The normalized spacial score (nSPS) is 22.1. The van der Waals surface area contributed by atoms with Crippen LogP contribution in [0.4, 0.5) is 4.79 Å². The summed E-state index contributed by atoms with van der Waals surface area (Å²) in [5.41, 5.74) is 0.888. The van der Waals surface area contributed by atoms with E-state index in [-0.39, 0.29) is 29.6 Å². The van der Waals surface area contributed by atoms with E-state index in [1.165, 1.54) is 29.5 Å². The van der Waals surface area contributed by atoms with Crippen LogP contribution in [0.2, 0.25) is 0 Å². The number of ether oxygens (including phenoxy) is 3. The van der Waals surface area contributed by atoms with Crippen LogP contribution < -0.4 is 10.9 Å². The number of rotatable bonds is 7. The zero-order valence-corrected chi connectivity index (χ0v) is 20.6. The summed E-state index contributed by atoms with van der Waals surface area (Å²) in [4.78, 5) is 46.0. The number of aryl methyl sites for hydroxylation is 3. The van der Waals surface area contributed by atoms with Crippen LogP contribution in [0.25, 0.3) is 16.9 Å². The SMILES string of the molecule is COC(=O)N[C@@H](CCc1c(C)nc2n(C)c3c(ncn3[C@@H]3O[C@H](CO)[C@@H](O)[C@H]3O)c(=O)n12)C(=O)OC.O. The van der Waals surface area contributed by atoms with Gasteiger partial charge in [-0.1, -0.05) is 0 Å². The van der Waals surface area contributed by atoms with Gasteiger partial charge >= 0.3 is 12.1 Å². The molecule has 16 nitrogen and oxygen atoms in total. The summed E-state index contributed by atoms with van der Waals surface area (Å²) in [5.74, 6) is -0.400. The van der Waals surface area contributed by atoms with Crippen LogP contribution in [0.15, 0.2) is 11.1 Å². The molecule has 1 aliphatic heterocycles. The van der Waals surface area contributed by atoms with E-state index in [0.29, 0.717) is 17.0 Å². The van der Waals surface area contributed by atoms with Crippen LogP contribution in [-0.4, -0.2) is 102 Å². The highest BCUT2D eigenvalue weighted by Crippen LogP contribution is 2.31. The van der Waals surface area contributed by atoms with Crippen molar-refractivity contribution >= 4 is 29.0 Å². The van der Waals surface area contributed by atoms with Crippen molar-refractivity contribution in [3.63, 3.8) is 0 Å². The average molecular weight is 527 g/mol. The van der Waals surface area contributed by atoms with E-state index in [0.717, 1.165) is 0 Å². The van der Waals surface area contributed by atoms with Gasteiger partial charge in [0.15, 0.2) is 17.4 Å². The monoisotopic (exact) mass is 526 g/mol. The number of hydrogen-bond donors (Lipinski definition) is 4. The molecule has 1 amide bonds. The molecule has 5 atom stereocenters. The maximum Gasteiger partial charge on any atom is 0.407 e. The number of aliphatic hydroxyl groups excluding tert-OH is 3. The third-order valence-corrected chi connectivity index (χ3v) is 6.37. The van der Waals surface area contributed by atoms with Gasteiger partial charge in [-0.15, -0.1) is 0 Å². The Kier molecular flexibility index (Phi) is 8.19. The molecule has 4 heterocycles. The van der Waals surface area contributed by atoms with Gasteiger partial charge in [0, 0.05) is 7.05 Å². The van der Waals surface area contributed by atoms with Gasteiger partial charge in [0.25, 0.3) is 5.56 Å². The van der Waals surface area contributed by atoms with Crippen molar-refractivity contribution in [1.29, 1.82) is 0 Å². The van der Waals surface area contributed by atoms with Gasteiger partial charge in [-0.2, -0.15) is 0 Å². The molecule has 16 heteroatoms. The van der Waals surface area contributed by atoms with Crippen molar-refractivity contribution in [3.05, 3.63) is 28.1 Å². The van der Waals surface area contributed by atoms with Crippen LogP contribution in [0.1, 0.15) is 24.0 Å². The Balaban J connectivity index is 0.00000380. The minimum atomic E-state index is -1.36. The lowest BCUT2D eigenvalue weighted by molar-refractivity contribution is -0.143. The second kappa shape index (κ2) is 10.8. The van der Waals surface area contributed by atoms with Crippen LogP contribution in [-0.2, 0) is 32.5 Å². The zero-order chi connectivity index (χ0) is 26.3. The highest BCUT2D eigenvalue weighted by atomic mass is 16.6. The van der Waals surface area contributed by atoms with Gasteiger partial charge < -0.3 is 40.3 Å². The molecule has 0 radical (unpaired) electrons. The van der Waals surface area contributed by atoms with Crippen molar-refractivity contribution in [3.8, 4) is 0 Å². The molecule has 0 saturated carbocycles. The molecule has 0 spiro atoms. The number of methoxy groups -OCH3 is 2. The van der Waals surface area contributed by atoms with Gasteiger partial charge in [0.2, 0.25) is 5.78 Å². The predicted molar refractivity (Wildman–Crippen MR) is 125 cm³/mol. The number of aliphatic hydroxyl groups is 3. The molecular formula is C21H30N6O10. The molecule has 37 heavy (non-hydrogen) atoms. The van der Waals surface area contributed by atoms with Crippen LogP contribution in [0.5, 0.6) is 0 Å². The van der Waals surface area contributed by atoms with Gasteiger partial charge in [-0.25, -0.2) is 24.0 Å². The summed E-state index contributed by atoms with van der Waals surface area (Å²) < 4.78 is 19.3. The van der Waals surface area contributed by atoms with Gasteiger partial charge in [-0.3, -0.25) is 13.9 Å². The first-order chi connectivity index (χ1) is 17.1. The molecule has 3 aromatic heterocycles. The quantitative estimate of drug-likeness (QED) is 0.232. The first-order valence-electron chi connectivity index (χ1n) is 11.1. The molecule has 3 aromatic rings. The average Bonchev–Trinajstić information content (AvgIpc) is 3.54.